The molecular formula is C18H20N2O4S. The van der Waals surface area contributed by atoms with Crippen LogP contribution in [0.1, 0.15) is 17.3 Å². The predicted octanol–water partition coefficient (Wildman–Crippen LogP) is 2.80. The molecule has 0 aliphatic rings. The van der Waals surface area contributed by atoms with E-state index >= 15 is 0 Å². The first-order valence-corrected chi connectivity index (χ1v) is 9.19. The lowest BCUT2D eigenvalue weighted by molar-refractivity contribution is 0.102. The van der Waals surface area contributed by atoms with Crippen LogP contribution in [-0.2, 0) is 10.0 Å². The Bertz CT molecular complexity index is 828. The molecule has 6 nitrogen and oxygen atoms in total. The van der Waals surface area contributed by atoms with Crippen molar-refractivity contribution in [2.75, 3.05) is 18.5 Å². The highest BCUT2D eigenvalue weighted by Gasteiger charge is 2.13. The lowest BCUT2D eigenvalue weighted by atomic mass is 10.2. The molecule has 0 bridgehead atoms. The van der Waals surface area contributed by atoms with Gasteiger partial charge in [0.05, 0.1) is 11.5 Å². The molecule has 2 rings (SSSR count). The summed E-state index contributed by atoms with van der Waals surface area (Å²) < 4.78 is 31.7. The van der Waals surface area contributed by atoms with Crippen molar-refractivity contribution in [2.24, 2.45) is 0 Å². The van der Waals surface area contributed by atoms with Crippen molar-refractivity contribution in [3.05, 3.63) is 66.7 Å². The Morgan fingerprint density at radius 1 is 1.12 bits per heavy atom. The van der Waals surface area contributed by atoms with Crippen molar-refractivity contribution < 1.29 is 17.9 Å². The number of hydrogen-bond donors (Lipinski definition) is 2. The highest BCUT2D eigenvalue weighted by atomic mass is 32.2. The van der Waals surface area contributed by atoms with E-state index in [4.69, 9.17) is 4.74 Å². The van der Waals surface area contributed by atoms with E-state index in [9.17, 15) is 13.2 Å². The number of amides is 1. The summed E-state index contributed by atoms with van der Waals surface area (Å²) in [4.78, 5) is 12.3. The first kappa shape index (κ1) is 18.7. The summed E-state index contributed by atoms with van der Waals surface area (Å²) >= 11 is 0. The molecule has 2 aromatic carbocycles. The highest BCUT2D eigenvalue weighted by molar-refractivity contribution is 7.89. The number of benzene rings is 2. The van der Waals surface area contributed by atoms with Crippen LogP contribution in [0.4, 0.5) is 5.69 Å². The zero-order valence-electron chi connectivity index (χ0n) is 13.9. The predicted molar refractivity (Wildman–Crippen MR) is 97.4 cm³/mol. The third kappa shape index (κ3) is 5.17. The highest BCUT2D eigenvalue weighted by Crippen LogP contribution is 2.16. The summed E-state index contributed by atoms with van der Waals surface area (Å²) in [7, 11) is -3.58. The molecule has 0 saturated carbocycles. The van der Waals surface area contributed by atoms with Gasteiger partial charge in [-0.2, -0.15) is 0 Å². The molecule has 0 heterocycles. The van der Waals surface area contributed by atoms with Gasteiger partial charge in [-0.05, 0) is 55.5 Å². The maximum atomic E-state index is 12.2. The van der Waals surface area contributed by atoms with Gasteiger partial charge in [-0.1, -0.05) is 6.08 Å². The third-order valence-electron chi connectivity index (χ3n) is 3.27. The largest absolute Gasteiger partial charge is 0.494 e. The average Bonchev–Trinajstić information content (AvgIpc) is 2.61. The van der Waals surface area contributed by atoms with Crippen molar-refractivity contribution in [3.63, 3.8) is 0 Å². The van der Waals surface area contributed by atoms with E-state index in [2.05, 4.69) is 16.6 Å². The Morgan fingerprint density at radius 2 is 1.76 bits per heavy atom. The second-order valence-electron chi connectivity index (χ2n) is 5.08. The van der Waals surface area contributed by atoms with Gasteiger partial charge in [0, 0.05) is 17.8 Å². The van der Waals surface area contributed by atoms with Gasteiger partial charge in [-0.15, -0.1) is 6.58 Å². The number of nitrogens with one attached hydrogen (secondary N) is 2. The average molecular weight is 360 g/mol. The number of carbonyl (C=O) groups is 1. The van der Waals surface area contributed by atoms with E-state index in [1.54, 1.807) is 24.3 Å². The van der Waals surface area contributed by atoms with Crippen LogP contribution in [0.25, 0.3) is 0 Å². The molecule has 0 fully saturated rings. The van der Waals surface area contributed by atoms with Crippen molar-refractivity contribution >= 4 is 21.6 Å². The number of carbonyl (C=O) groups excluding carboxylic acids is 1. The Kier molecular flexibility index (Phi) is 6.32. The molecule has 0 radical (unpaired) electrons. The van der Waals surface area contributed by atoms with Crippen molar-refractivity contribution in [2.45, 2.75) is 11.8 Å². The monoisotopic (exact) mass is 360 g/mol. The maximum Gasteiger partial charge on any atom is 0.255 e. The lowest BCUT2D eigenvalue weighted by Crippen LogP contribution is -2.23. The molecule has 0 atom stereocenters. The molecule has 2 N–H and O–H groups in total. The minimum atomic E-state index is -3.58. The number of ether oxygens (including phenoxy) is 1. The molecule has 0 saturated heterocycles. The van der Waals surface area contributed by atoms with E-state index in [-0.39, 0.29) is 17.3 Å². The number of anilines is 1. The van der Waals surface area contributed by atoms with E-state index < -0.39 is 10.0 Å². The van der Waals surface area contributed by atoms with Crippen LogP contribution in [0.15, 0.2) is 66.1 Å². The molecule has 132 valence electrons. The molecule has 0 aliphatic heterocycles. The Balaban J connectivity index is 2.05. The SMILES string of the molecule is C=CCNS(=O)(=O)c1ccc(NC(=O)c2ccc(OCC)cc2)cc1. The van der Waals surface area contributed by atoms with E-state index in [1.807, 2.05) is 6.92 Å². The van der Waals surface area contributed by atoms with Gasteiger partial charge in [0.25, 0.3) is 5.91 Å². The zero-order chi connectivity index (χ0) is 18.3. The molecule has 25 heavy (non-hydrogen) atoms. The van der Waals surface area contributed by atoms with Crippen molar-refractivity contribution in [3.8, 4) is 5.75 Å². The van der Waals surface area contributed by atoms with Gasteiger partial charge in [0.1, 0.15) is 5.75 Å². The Morgan fingerprint density at radius 3 is 2.32 bits per heavy atom. The van der Waals surface area contributed by atoms with Crippen molar-refractivity contribution in [1.82, 2.24) is 4.72 Å². The molecule has 0 unspecified atom stereocenters. The number of rotatable bonds is 8. The molecular weight excluding hydrogens is 340 g/mol. The second kappa shape index (κ2) is 8.46. The summed E-state index contributed by atoms with van der Waals surface area (Å²) in [6.07, 6.45) is 1.46. The summed E-state index contributed by atoms with van der Waals surface area (Å²) in [6.45, 7) is 6.06. The van der Waals surface area contributed by atoms with Crippen LogP contribution in [0, 0.1) is 0 Å². The van der Waals surface area contributed by atoms with Crippen LogP contribution in [0.2, 0.25) is 0 Å². The van der Waals surface area contributed by atoms with Crippen LogP contribution >= 0.6 is 0 Å². The first-order chi connectivity index (χ1) is 12.0. The topological polar surface area (TPSA) is 84.5 Å². The molecule has 7 heteroatoms. The van der Waals surface area contributed by atoms with Crippen LogP contribution in [0.3, 0.4) is 0 Å². The van der Waals surface area contributed by atoms with E-state index in [0.29, 0.717) is 23.6 Å². The van der Waals surface area contributed by atoms with Gasteiger partial charge in [0.2, 0.25) is 10.0 Å². The maximum absolute atomic E-state index is 12.2. The number of sulfonamides is 1. The summed E-state index contributed by atoms with van der Waals surface area (Å²) in [5.74, 6) is 0.407. The van der Waals surface area contributed by atoms with Gasteiger partial charge in [-0.3, -0.25) is 4.79 Å². The van der Waals surface area contributed by atoms with E-state index in [0.717, 1.165) is 0 Å². The fourth-order valence-corrected chi connectivity index (χ4v) is 3.04. The lowest BCUT2D eigenvalue weighted by Gasteiger charge is -2.08. The van der Waals surface area contributed by atoms with Gasteiger partial charge >= 0.3 is 0 Å². The van der Waals surface area contributed by atoms with Gasteiger partial charge in [-0.25, -0.2) is 13.1 Å². The molecule has 0 spiro atoms. The minimum absolute atomic E-state index is 0.119. The fraction of sp³-hybridized carbons (Fsp3) is 0.167. The summed E-state index contributed by atoms with van der Waals surface area (Å²) in [6, 6.07) is 12.7. The van der Waals surface area contributed by atoms with Gasteiger partial charge < -0.3 is 10.1 Å². The first-order valence-electron chi connectivity index (χ1n) is 7.71. The quantitative estimate of drug-likeness (QED) is 0.709. The van der Waals surface area contributed by atoms with Crippen LogP contribution in [-0.4, -0.2) is 27.5 Å². The molecule has 1 amide bonds. The standard InChI is InChI=1S/C18H20N2O4S/c1-3-13-19-25(22,23)17-11-7-15(8-12-17)20-18(21)14-5-9-16(10-6-14)24-4-2/h3,5-12,19H,1,4,13H2,2H3,(H,20,21). The minimum Gasteiger partial charge on any atom is -0.494 e. The Labute approximate surface area is 147 Å². The molecule has 0 aromatic heterocycles. The molecule has 2 aromatic rings. The van der Waals surface area contributed by atoms with Crippen LogP contribution < -0.4 is 14.8 Å². The molecule has 0 aliphatic carbocycles. The third-order valence-corrected chi connectivity index (χ3v) is 4.71. The smallest absolute Gasteiger partial charge is 0.255 e. The van der Waals surface area contributed by atoms with Crippen LogP contribution in [0.5, 0.6) is 5.75 Å². The number of hydrogen-bond acceptors (Lipinski definition) is 4. The summed E-state index contributed by atoms with van der Waals surface area (Å²) in [5.41, 5.74) is 0.981. The van der Waals surface area contributed by atoms with Crippen molar-refractivity contribution in [1.29, 1.82) is 0 Å². The zero-order valence-corrected chi connectivity index (χ0v) is 14.7. The van der Waals surface area contributed by atoms with Gasteiger partial charge in [0.15, 0.2) is 0 Å². The van der Waals surface area contributed by atoms with E-state index in [1.165, 1.54) is 30.3 Å². The normalized spacial score (nSPS) is 10.9. The Hall–Kier alpha value is -2.64. The fourth-order valence-electron chi connectivity index (χ4n) is 2.04. The second-order valence-corrected chi connectivity index (χ2v) is 6.84. The summed E-state index contributed by atoms with van der Waals surface area (Å²) in [5, 5.41) is 2.72.